The highest BCUT2D eigenvalue weighted by Gasteiger charge is 2.17. The van der Waals surface area contributed by atoms with Crippen LogP contribution in [0.15, 0.2) is 72.8 Å². The second kappa shape index (κ2) is 15.2. The molecular formula is C30H35N3O5. The van der Waals surface area contributed by atoms with Crippen molar-refractivity contribution >= 4 is 24.6 Å². The van der Waals surface area contributed by atoms with E-state index in [-0.39, 0.29) is 18.0 Å². The van der Waals surface area contributed by atoms with Crippen LogP contribution in [-0.4, -0.2) is 47.6 Å². The van der Waals surface area contributed by atoms with Crippen molar-refractivity contribution in [3.05, 3.63) is 95.1 Å². The normalized spacial score (nSPS) is 11.7. The fraction of sp³-hybridized carbons (Fsp3) is 0.267. The number of phenolic OH excluding ortho intramolecular Hbond substituents is 1. The van der Waals surface area contributed by atoms with Crippen LogP contribution >= 0.6 is 0 Å². The quantitative estimate of drug-likeness (QED) is 0.128. The maximum Gasteiger partial charge on any atom is 0.211 e. The number of hydrogen-bond acceptors (Lipinski definition) is 6. The number of para-hydroxylation sites is 1. The number of nitrogens with zero attached hydrogens (tertiary/aromatic N) is 1. The van der Waals surface area contributed by atoms with Gasteiger partial charge in [-0.2, -0.15) is 0 Å². The summed E-state index contributed by atoms with van der Waals surface area (Å²) in [6.45, 7) is 4.10. The molecule has 0 aliphatic carbocycles. The van der Waals surface area contributed by atoms with Crippen LogP contribution in [0.1, 0.15) is 41.7 Å². The number of hydrogen-bond donors (Lipinski definition) is 4. The van der Waals surface area contributed by atoms with Gasteiger partial charge in [0.2, 0.25) is 12.8 Å². The molecule has 1 unspecified atom stereocenters. The van der Waals surface area contributed by atoms with E-state index in [2.05, 4.69) is 10.6 Å². The maximum atomic E-state index is 11.7. The largest absolute Gasteiger partial charge is 0.506 e. The molecule has 0 aliphatic heterocycles. The minimum atomic E-state index is -0.857. The molecule has 0 bridgehead atoms. The molecular weight excluding hydrogens is 482 g/mol. The molecule has 8 nitrogen and oxygen atoms in total. The summed E-state index contributed by atoms with van der Waals surface area (Å²) in [5.41, 5.74) is 3.39. The summed E-state index contributed by atoms with van der Waals surface area (Å²) >= 11 is 0. The highest BCUT2D eigenvalue weighted by molar-refractivity contribution is 5.84. The number of ether oxygens (including phenoxy) is 1. The fourth-order valence-electron chi connectivity index (χ4n) is 4.13. The van der Waals surface area contributed by atoms with Gasteiger partial charge in [-0.1, -0.05) is 66.7 Å². The van der Waals surface area contributed by atoms with Gasteiger partial charge in [0.1, 0.15) is 18.1 Å². The van der Waals surface area contributed by atoms with Crippen molar-refractivity contribution in [3.8, 4) is 11.5 Å². The monoisotopic (exact) mass is 517 g/mol. The lowest BCUT2D eigenvalue weighted by Crippen LogP contribution is -2.28. The molecule has 0 fully saturated rings. The fourth-order valence-corrected chi connectivity index (χ4v) is 4.13. The third-order valence-electron chi connectivity index (χ3n) is 6.02. The molecule has 200 valence electrons. The van der Waals surface area contributed by atoms with Crippen molar-refractivity contribution in [1.82, 2.24) is 10.2 Å². The SMILES string of the molecule is C/C=C\c1c(C(O)CNCCCN(C=O)Cc2ccccc2OCc2ccccc2)ccc(O)c1NC=O. The second-order valence-corrected chi connectivity index (χ2v) is 8.76. The number of allylic oxidation sites excluding steroid dienone is 1. The van der Waals surface area contributed by atoms with Gasteiger partial charge in [0.05, 0.1) is 11.8 Å². The number of phenols is 1. The smallest absolute Gasteiger partial charge is 0.211 e. The Kier molecular flexibility index (Phi) is 11.4. The van der Waals surface area contributed by atoms with Gasteiger partial charge in [0, 0.05) is 30.8 Å². The van der Waals surface area contributed by atoms with Crippen molar-refractivity contribution in [3.63, 3.8) is 0 Å². The first kappa shape index (κ1) is 28.4. The van der Waals surface area contributed by atoms with Gasteiger partial charge in [-0.05, 0) is 43.1 Å². The first-order valence-corrected chi connectivity index (χ1v) is 12.6. The van der Waals surface area contributed by atoms with E-state index in [0.29, 0.717) is 50.2 Å². The Morgan fingerprint density at radius 3 is 2.53 bits per heavy atom. The Morgan fingerprint density at radius 2 is 1.79 bits per heavy atom. The number of benzene rings is 3. The minimum absolute atomic E-state index is 0.0740. The van der Waals surface area contributed by atoms with Gasteiger partial charge in [0.25, 0.3) is 0 Å². The van der Waals surface area contributed by atoms with Crippen LogP contribution in [0, 0.1) is 0 Å². The number of amides is 2. The van der Waals surface area contributed by atoms with Crippen molar-refractivity contribution in [1.29, 1.82) is 0 Å². The summed E-state index contributed by atoms with van der Waals surface area (Å²) in [7, 11) is 0. The first-order chi connectivity index (χ1) is 18.6. The van der Waals surface area contributed by atoms with Gasteiger partial charge < -0.3 is 30.5 Å². The number of aromatic hydroxyl groups is 1. The number of aliphatic hydroxyl groups excluding tert-OH is 1. The van der Waals surface area contributed by atoms with E-state index in [9.17, 15) is 19.8 Å². The summed E-state index contributed by atoms with van der Waals surface area (Å²) in [6.07, 6.45) is 4.66. The summed E-state index contributed by atoms with van der Waals surface area (Å²) in [5, 5.41) is 26.6. The van der Waals surface area contributed by atoms with Gasteiger partial charge in [-0.3, -0.25) is 9.59 Å². The third kappa shape index (κ3) is 8.19. The van der Waals surface area contributed by atoms with Crippen LogP contribution in [0.2, 0.25) is 0 Å². The van der Waals surface area contributed by atoms with Crippen LogP contribution in [0.25, 0.3) is 6.08 Å². The molecule has 0 saturated heterocycles. The predicted molar refractivity (Wildman–Crippen MR) is 149 cm³/mol. The summed E-state index contributed by atoms with van der Waals surface area (Å²) in [4.78, 5) is 24.4. The van der Waals surface area contributed by atoms with E-state index < -0.39 is 6.10 Å². The van der Waals surface area contributed by atoms with E-state index in [0.717, 1.165) is 23.3 Å². The lowest BCUT2D eigenvalue weighted by molar-refractivity contribution is -0.118. The number of anilines is 1. The zero-order valence-electron chi connectivity index (χ0n) is 21.5. The molecule has 0 aliphatic rings. The van der Waals surface area contributed by atoms with Crippen LogP contribution in [0.3, 0.4) is 0 Å². The molecule has 3 aromatic rings. The lowest BCUT2D eigenvalue weighted by atomic mass is 9.99. The van der Waals surface area contributed by atoms with Crippen molar-refractivity contribution in [2.24, 2.45) is 0 Å². The molecule has 0 aromatic heterocycles. The molecule has 38 heavy (non-hydrogen) atoms. The Hall–Kier alpha value is -4.14. The Bertz CT molecular complexity index is 1200. The van der Waals surface area contributed by atoms with Crippen LogP contribution in [-0.2, 0) is 22.7 Å². The number of carbonyl (C=O) groups excluding carboxylic acids is 2. The van der Waals surface area contributed by atoms with E-state index in [1.807, 2.05) is 61.5 Å². The van der Waals surface area contributed by atoms with E-state index in [4.69, 9.17) is 4.74 Å². The van der Waals surface area contributed by atoms with Crippen LogP contribution in [0.5, 0.6) is 11.5 Å². The molecule has 1 atom stereocenters. The molecule has 0 radical (unpaired) electrons. The van der Waals surface area contributed by atoms with Crippen molar-refractivity contribution < 1.29 is 24.5 Å². The summed E-state index contributed by atoms with van der Waals surface area (Å²) < 4.78 is 6.01. The highest BCUT2D eigenvalue weighted by atomic mass is 16.5. The number of rotatable bonds is 16. The van der Waals surface area contributed by atoms with Crippen molar-refractivity contribution in [2.45, 2.75) is 32.6 Å². The third-order valence-corrected chi connectivity index (χ3v) is 6.02. The topological polar surface area (TPSA) is 111 Å². The Morgan fingerprint density at radius 1 is 1.03 bits per heavy atom. The molecule has 2 amide bonds. The van der Waals surface area contributed by atoms with E-state index in [1.54, 1.807) is 23.1 Å². The number of carbonyl (C=O) groups is 2. The predicted octanol–water partition coefficient (Wildman–Crippen LogP) is 4.24. The van der Waals surface area contributed by atoms with Gasteiger partial charge in [-0.15, -0.1) is 0 Å². The van der Waals surface area contributed by atoms with E-state index >= 15 is 0 Å². The molecule has 4 N–H and O–H groups in total. The molecule has 3 rings (SSSR count). The first-order valence-electron chi connectivity index (χ1n) is 12.6. The summed E-state index contributed by atoms with van der Waals surface area (Å²) in [5.74, 6) is 0.675. The molecule has 8 heteroatoms. The maximum absolute atomic E-state index is 11.7. The zero-order chi connectivity index (χ0) is 27.2. The van der Waals surface area contributed by atoms with E-state index in [1.165, 1.54) is 6.07 Å². The lowest BCUT2D eigenvalue weighted by Gasteiger charge is -2.20. The molecule has 0 saturated carbocycles. The van der Waals surface area contributed by atoms with Gasteiger partial charge in [0.15, 0.2) is 0 Å². The van der Waals surface area contributed by atoms with Crippen molar-refractivity contribution in [2.75, 3.05) is 25.0 Å². The molecule has 0 spiro atoms. The number of aliphatic hydroxyl groups is 1. The average Bonchev–Trinajstić information content (AvgIpc) is 2.94. The minimum Gasteiger partial charge on any atom is -0.506 e. The second-order valence-electron chi connectivity index (χ2n) is 8.76. The van der Waals surface area contributed by atoms with Crippen LogP contribution < -0.4 is 15.4 Å². The highest BCUT2D eigenvalue weighted by Crippen LogP contribution is 2.34. The Balaban J connectivity index is 1.50. The van der Waals surface area contributed by atoms with Gasteiger partial charge in [-0.25, -0.2) is 0 Å². The zero-order valence-corrected chi connectivity index (χ0v) is 21.5. The molecule has 3 aromatic carbocycles. The average molecular weight is 518 g/mol. The standard InChI is InChI=1S/C30H35N3O5/c1-2-9-26-25(14-15-27(36)30(26)32-21-34)28(37)18-31-16-8-17-33(22-35)19-24-12-6-7-13-29(24)38-20-23-10-4-3-5-11-23/h2-7,9-15,21-22,28,31,36-37H,8,16-20H2,1H3,(H,32,34)/b9-2-. The summed E-state index contributed by atoms with van der Waals surface area (Å²) in [6, 6.07) is 20.7. The Labute approximate surface area is 223 Å². The number of nitrogens with one attached hydrogen (secondary N) is 2. The van der Waals surface area contributed by atoms with Crippen LogP contribution in [0.4, 0.5) is 5.69 Å². The molecule has 0 heterocycles. The van der Waals surface area contributed by atoms with Gasteiger partial charge >= 0.3 is 0 Å².